The van der Waals surface area contributed by atoms with Crippen molar-refractivity contribution in [3.8, 4) is 5.75 Å². The van der Waals surface area contributed by atoms with Crippen molar-refractivity contribution in [1.29, 1.82) is 0 Å². The van der Waals surface area contributed by atoms with E-state index in [4.69, 9.17) is 4.74 Å². The van der Waals surface area contributed by atoms with E-state index >= 15 is 0 Å². The van der Waals surface area contributed by atoms with Gasteiger partial charge in [0.1, 0.15) is 11.6 Å². The number of hydrogen-bond acceptors (Lipinski definition) is 2. The molecule has 1 aliphatic carbocycles. The van der Waals surface area contributed by atoms with Gasteiger partial charge in [0.05, 0.1) is 17.5 Å². The summed E-state index contributed by atoms with van der Waals surface area (Å²) >= 11 is 3.01. The fraction of sp³-hybridized carbons (Fsp3) is 0.417. The van der Waals surface area contributed by atoms with E-state index in [1.54, 1.807) is 6.07 Å². The van der Waals surface area contributed by atoms with E-state index in [1.165, 1.54) is 25.0 Å². The summed E-state index contributed by atoms with van der Waals surface area (Å²) in [4.78, 5) is 11.3. The number of ketones is 1. The maximum Gasteiger partial charge on any atom is 0.176 e. The van der Waals surface area contributed by atoms with Gasteiger partial charge in [0.15, 0.2) is 5.78 Å². The first-order chi connectivity index (χ1) is 7.70. The van der Waals surface area contributed by atoms with Gasteiger partial charge in [0, 0.05) is 6.07 Å². The van der Waals surface area contributed by atoms with Crippen molar-refractivity contribution in [2.45, 2.75) is 12.8 Å². The van der Waals surface area contributed by atoms with Crippen LogP contribution in [0.5, 0.6) is 5.75 Å². The van der Waals surface area contributed by atoms with Crippen molar-refractivity contribution < 1.29 is 13.9 Å². The Hall–Kier alpha value is -0.900. The second-order valence-electron chi connectivity index (χ2n) is 3.95. The van der Waals surface area contributed by atoms with Crippen LogP contribution in [0.3, 0.4) is 0 Å². The lowest BCUT2D eigenvalue weighted by atomic mass is 10.1. The quantitative estimate of drug-likeness (QED) is 0.614. The Morgan fingerprint density at radius 3 is 2.81 bits per heavy atom. The minimum atomic E-state index is -0.516. The summed E-state index contributed by atoms with van der Waals surface area (Å²) < 4.78 is 18.9. The zero-order valence-corrected chi connectivity index (χ0v) is 10.3. The van der Waals surface area contributed by atoms with Gasteiger partial charge in [-0.1, -0.05) is 15.9 Å². The molecular weight excluding hydrogens is 275 g/mol. The first kappa shape index (κ1) is 11.6. The summed E-state index contributed by atoms with van der Waals surface area (Å²) in [5, 5.41) is 0.131. The molecule has 0 spiro atoms. The van der Waals surface area contributed by atoms with Gasteiger partial charge < -0.3 is 4.74 Å². The second kappa shape index (κ2) is 4.95. The molecule has 0 aliphatic heterocycles. The standard InChI is InChI=1S/C12H12BrFO2/c13-6-12(15)10-4-3-9(5-11(10)14)16-7-8-1-2-8/h3-5,8H,1-2,6-7H2. The first-order valence-corrected chi connectivity index (χ1v) is 6.34. The zero-order chi connectivity index (χ0) is 11.5. The Labute approximate surface area is 102 Å². The molecule has 0 saturated heterocycles. The molecule has 1 aliphatic rings. The lowest BCUT2D eigenvalue weighted by molar-refractivity contribution is 0.102. The molecule has 0 radical (unpaired) electrons. The van der Waals surface area contributed by atoms with Crippen molar-refractivity contribution in [2.24, 2.45) is 5.92 Å². The average Bonchev–Trinajstić information content (AvgIpc) is 3.09. The van der Waals surface area contributed by atoms with Crippen LogP contribution in [0, 0.1) is 11.7 Å². The molecule has 0 amide bonds. The molecule has 16 heavy (non-hydrogen) atoms. The topological polar surface area (TPSA) is 26.3 Å². The molecular formula is C12H12BrFO2. The molecule has 0 bridgehead atoms. The summed E-state index contributed by atoms with van der Waals surface area (Å²) in [6, 6.07) is 4.39. The molecule has 1 aromatic rings. The molecule has 0 unspecified atom stereocenters. The van der Waals surface area contributed by atoms with Gasteiger partial charge in [-0.15, -0.1) is 0 Å². The number of carbonyl (C=O) groups is 1. The minimum absolute atomic E-state index is 0.107. The monoisotopic (exact) mass is 286 g/mol. The van der Waals surface area contributed by atoms with Gasteiger partial charge in [-0.05, 0) is 30.9 Å². The predicted molar refractivity (Wildman–Crippen MR) is 62.7 cm³/mol. The highest BCUT2D eigenvalue weighted by molar-refractivity contribution is 9.09. The summed E-state index contributed by atoms with van der Waals surface area (Å²) in [6.07, 6.45) is 2.39. The van der Waals surface area contributed by atoms with E-state index < -0.39 is 5.82 Å². The molecule has 1 aromatic carbocycles. The van der Waals surface area contributed by atoms with Crippen LogP contribution in [0.15, 0.2) is 18.2 Å². The predicted octanol–water partition coefficient (Wildman–Crippen LogP) is 3.19. The van der Waals surface area contributed by atoms with Crippen molar-refractivity contribution in [2.75, 3.05) is 11.9 Å². The van der Waals surface area contributed by atoms with Gasteiger partial charge in [0.2, 0.25) is 0 Å². The van der Waals surface area contributed by atoms with Gasteiger partial charge in [-0.2, -0.15) is 0 Å². The van der Waals surface area contributed by atoms with E-state index in [1.807, 2.05) is 0 Å². The number of Topliss-reactive ketones (excluding diaryl/α,β-unsaturated/α-hetero) is 1. The largest absolute Gasteiger partial charge is 0.493 e. The molecule has 0 N–H and O–H groups in total. The fourth-order valence-electron chi connectivity index (χ4n) is 1.38. The van der Waals surface area contributed by atoms with E-state index in [-0.39, 0.29) is 16.7 Å². The van der Waals surface area contributed by atoms with Crippen LogP contribution in [-0.2, 0) is 0 Å². The fourth-order valence-corrected chi connectivity index (χ4v) is 1.68. The van der Waals surface area contributed by atoms with Crippen LogP contribution < -0.4 is 4.74 Å². The lowest BCUT2D eigenvalue weighted by Gasteiger charge is -2.06. The third kappa shape index (κ3) is 2.82. The Morgan fingerprint density at radius 1 is 1.50 bits per heavy atom. The van der Waals surface area contributed by atoms with Crippen LogP contribution >= 0.6 is 15.9 Å². The number of rotatable bonds is 5. The first-order valence-electron chi connectivity index (χ1n) is 5.22. The van der Waals surface area contributed by atoms with Crippen molar-refractivity contribution in [1.82, 2.24) is 0 Å². The molecule has 0 atom stereocenters. The summed E-state index contributed by atoms with van der Waals surface area (Å²) in [5.74, 6) is 0.353. The summed E-state index contributed by atoms with van der Waals surface area (Å²) in [7, 11) is 0. The van der Waals surface area contributed by atoms with E-state index in [0.717, 1.165) is 0 Å². The number of carbonyl (C=O) groups excluding carboxylic acids is 1. The Bertz CT molecular complexity index is 402. The van der Waals surface area contributed by atoms with Gasteiger partial charge in [-0.3, -0.25) is 4.79 Å². The van der Waals surface area contributed by atoms with Crippen LogP contribution in [0.4, 0.5) is 4.39 Å². The molecule has 86 valence electrons. The van der Waals surface area contributed by atoms with Gasteiger partial charge in [0.25, 0.3) is 0 Å². The van der Waals surface area contributed by atoms with Gasteiger partial charge >= 0.3 is 0 Å². The number of alkyl halides is 1. The summed E-state index contributed by atoms with van der Waals surface area (Å²) in [5.41, 5.74) is 0.107. The number of halogens is 2. The van der Waals surface area contributed by atoms with Crippen LogP contribution in [0.2, 0.25) is 0 Å². The SMILES string of the molecule is O=C(CBr)c1ccc(OCC2CC2)cc1F. The second-order valence-corrected chi connectivity index (χ2v) is 4.51. The third-order valence-corrected chi connectivity index (χ3v) is 3.05. The van der Waals surface area contributed by atoms with E-state index in [0.29, 0.717) is 18.3 Å². The Balaban J connectivity index is 2.05. The maximum absolute atomic E-state index is 13.5. The summed E-state index contributed by atoms with van der Waals surface area (Å²) in [6.45, 7) is 0.644. The van der Waals surface area contributed by atoms with E-state index in [9.17, 15) is 9.18 Å². The highest BCUT2D eigenvalue weighted by Crippen LogP contribution is 2.29. The molecule has 1 fully saturated rings. The normalized spacial score (nSPS) is 14.9. The molecule has 2 rings (SSSR count). The van der Waals surface area contributed by atoms with Crippen LogP contribution in [0.1, 0.15) is 23.2 Å². The number of hydrogen-bond donors (Lipinski definition) is 0. The maximum atomic E-state index is 13.5. The molecule has 0 heterocycles. The van der Waals surface area contributed by atoms with Gasteiger partial charge in [-0.25, -0.2) is 4.39 Å². The van der Waals surface area contributed by atoms with Crippen LogP contribution in [0.25, 0.3) is 0 Å². The number of benzene rings is 1. The minimum Gasteiger partial charge on any atom is -0.493 e. The average molecular weight is 287 g/mol. The molecule has 4 heteroatoms. The van der Waals surface area contributed by atoms with Crippen molar-refractivity contribution in [3.05, 3.63) is 29.6 Å². The smallest absolute Gasteiger partial charge is 0.176 e. The highest BCUT2D eigenvalue weighted by atomic mass is 79.9. The third-order valence-electron chi connectivity index (χ3n) is 2.54. The van der Waals surface area contributed by atoms with Crippen LogP contribution in [-0.4, -0.2) is 17.7 Å². The molecule has 1 saturated carbocycles. The van der Waals surface area contributed by atoms with E-state index in [2.05, 4.69) is 15.9 Å². The lowest BCUT2D eigenvalue weighted by Crippen LogP contribution is -2.05. The molecule has 0 aromatic heterocycles. The Morgan fingerprint density at radius 2 is 2.25 bits per heavy atom. The number of ether oxygens (including phenoxy) is 1. The Kier molecular flexibility index (Phi) is 3.59. The zero-order valence-electron chi connectivity index (χ0n) is 8.71. The molecule has 2 nitrogen and oxygen atoms in total. The highest BCUT2D eigenvalue weighted by Gasteiger charge is 2.22. The van der Waals surface area contributed by atoms with Crippen molar-refractivity contribution >= 4 is 21.7 Å². The van der Waals surface area contributed by atoms with Crippen molar-refractivity contribution in [3.63, 3.8) is 0 Å².